The first-order valence-electron chi connectivity index (χ1n) is 3.65. The van der Waals surface area contributed by atoms with E-state index in [1.165, 1.54) is 12.3 Å². The molecule has 4 heteroatoms. The lowest BCUT2D eigenvalue weighted by Gasteiger charge is -2.19. The van der Waals surface area contributed by atoms with E-state index < -0.39 is 4.92 Å². The summed E-state index contributed by atoms with van der Waals surface area (Å²) in [5, 5.41) is 10.4. The van der Waals surface area contributed by atoms with Gasteiger partial charge in [0.2, 0.25) is 0 Å². The van der Waals surface area contributed by atoms with Gasteiger partial charge in [0, 0.05) is 18.3 Å². The van der Waals surface area contributed by atoms with Crippen molar-refractivity contribution in [1.82, 2.24) is 4.90 Å². The fourth-order valence-corrected chi connectivity index (χ4v) is 0.965. The lowest BCUT2D eigenvalue weighted by molar-refractivity contribution is -0.420. The quantitative estimate of drug-likeness (QED) is 0.461. The molecule has 64 valence electrons. The maximum absolute atomic E-state index is 10.4. The van der Waals surface area contributed by atoms with Gasteiger partial charge >= 0.3 is 0 Å². The van der Waals surface area contributed by atoms with Crippen molar-refractivity contribution < 1.29 is 4.92 Å². The molecule has 4 nitrogen and oxygen atoms in total. The molecular formula is C8H10N2O2. The van der Waals surface area contributed by atoms with E-state index in [0.29, 0.717) is 6.54 Å². The number of hydrogen-bond acceptors (Lipinski definition) is 3. The fraction of sp³-hybridized carbons (Fsp3) is 0.250. The predicted molar refractivity (Wildman–Crippen MR) is 45.7 cm³/mol. The van der Waals surface area contributed by atoms with Crippen molar-refractivity contribution >= 4 is 0 Å². The van der Waals surface area contributed by atoms with Crippen molar-refractivity contribution in [2.24, 2.45) is 0 Å². The van der Waals surface area contributed by atoms with Gasteiger partial charge in [-0.2, -0.15) is 0 Å². The van der Waals surface area contributed by atoms with Gasteiger partial charge in [-0.3, -0.25) is 10.1 Å². The number of nitrogens with zero attached hydrogens (tertiary/aromatic N) is 2. The van der Waals surface area contributed by atoms with Crippen LogP contribution in [0.4, 0.5) is 0 Å². The molecular weight excluding hydrogens is 156 g/mol. The molecule has 0 spiro atoms. The lowest BCUT2D eigenvalue weighted by atomic mass is 10.2. The van der Waals surface area contributed by atoms with E-state index in [1.807, 2.05) is 6.92 Å². The first kappa shape index (κ1) is 8.52. The highest BCUT2D eigenvalue weighted by molar-refractivity contribution is 5.28. The van der Waals surface area contributed by atoms with Gasteiger partial charge in [-0.1, -0.05) is 6.58 Å². The SMILES string of the molecule is C=C1C=CC([N+](=O)[O-])=CN1CC. The van der Waals surface area contributed by atoms with Crippen molar-refractivity contribution in [2.75, 3.05) is 6.54 Å². The Kier molecular flexibility index (Phi) is 2.28. The molecule has 0 N–H and O–H groups in total. The minimum absolute atomic E-state index is 0.101. The van der Waals surface area contributed by atoms with Crippen molar-refractivity contribution in [3.05, 3.63) is 46.4 Å². The molecule has 0 aliphatic carbocycles. The molecule has 12 heavy (non-hydrogen) atoms. The third-order valence-electron chi connectivity index (χ3n) is 1.66. The van der Waals surface area contributed by atoms with Gasteiger partial charge in [0.1, 0.15) is 0 Å². The Morgan fingerprint density at radius 2 is 2.33 bits per heavy atom. The van der Waals surface area contributed by atoms with Crippen molar-refractivity contribution in [3.63, 3.8) is 0 Å². The van der Waals surface area contributed by atoms with Crippen LogP contribution in [-0.2, 0) is 0 Å². The third-order valence-corrected chi connectivity index (χ3v) is 1.66. The van der Waals surface area contributed by atoms with Crippen molar-refractivity contribution in [3.8, 4) is 0 Å². The first-order chi connectivity index (χ1) is 5.65. The molecule has 0 saturated carbocycles. The molecule has 0 aromatic carbocycles. The summed E-state index contributed by atoms with van der Waals surface area (Å²) >= 11 is 0. The van der Waals surface area contributed by atoms with Gasteiger partial charge in [-0.15, -0.1) is 0 Å². The maximum atomic E-state index is 10.4. The Morgan fingerprint density at radius 3 is 2.83 bits per heavy atom. The highest BCUT2D eigenvalue weighted by atomic mass is 16.6. The zero-order valence-corrected chi connectivity index (χ0v) is 6.86. The van der Waals surface area contributed by atoms with Crippen LogP contribution in [0.15, 0.2) is 36.3 Å². The van der Waals surface area contributed by atoms with Gasteiger partial charge < -0.3 is 4.90 Å². The molecule has 0 unspecified atom stereocenters. The summed E-state index contributed by atoms with van der Waals surface area (Å²) in [5.74, 6) is 0. The van der Waals surface area contributed by atoms with Gasteiger partial charge in [-0.05, 0) is 13.0 Å². The highest BCUT2D eigenvalue weighted by Gasteiger charge is 2.14. The van der Waals surface area contributed by atoms with Crippen LogP contribution in [0.3, 0.4) is 0 Å². The van der Waals surface area contributed by atoms with E-state index in [9.17, 15) is 10.1 Å². The number of nitro groups is 1. The summed E-state index contributed by atoms with van der Waals surface area (Å²) in [4.78, 5) is 11.7. The first-order valence-corrected chi connectivity index (χ1v) is 3.65. The molecule has 0 atom stereocenters. The van der Waals surface area contributed by atoms with E-state index in [0.717, 1.165) is 5.70 Å². The van der Waals surface area contributed by atoms with Crippen LogP contribution in [0.2, 0.25) is 0 Å². The largest absolute Gasteiger partial charge is 0.343 e. The van der Waals surface area contributed by atoms with Crippen LogP contribution in [0, 0.1) is 10.1 Å². The van der Waals surface area contributed by atoms with Gasteiger partial charge in [-0.25, -0.2) is 0 Å². The monoisotopic (exact) mass is 166 g/mol. The molecule has 1 aliphatic rings. The zero-order chi connectivity index (χ0) is 9.14. The third kappa shape index (κ3) is 1.53. The number of likely N-dealkylation sites (N-methyl/N-ethyl adjacent to an activating group) is 1. The molecule has 0 radical (unpaired) electrons. The topological polar surface area (TPSA) is 46.4 Å². The number of hydrogen-bond donors (Lipinski definition) is 0. The minimum atomic E-state index is -0.411. The number of allylic oxidation sites excluding steroid dienone is 2. The van der Waals surface area contributed by atoms with E-state index in [1.54, 1.807) is 11.0 Å². The highest BCUT2D eigenvalue weighted by Crippen LogP contribution is 2.14. The van der Waals surface area contributed by atoms with Crippen LogP contribution in [0.5, 0.6) is 0 Å². The molecule has 1 rings (SSSR count). The van der Waals surface area contributed by atoms with Crippen LogP contribution < -0.4 is 0 Å². The van der Waals surface area contributed by atoms with Crippen LogP contribution in [0.25, 0.3) is 0 Å². The van der Waals surface area contributed by atoms with E-state index in [-0.39, 0.29) is 5.70 Å². The van der Waals surface area contributed by atoms with Crippen LogP contribution >= 0.6 is 0 Å². The summed E-state index contributed by atoms with van der Waals surface area (Å²) < 4.78 is 0. The Labute approximate surface area is 70.6 Å². The lowest BCUT2D eigenvalue weighted by Crippen LogP contribution is -2.18. The van der Waals surface area contributed by atoms with Crippen LogP contribution in [-0.4, -0.2) is 16.4 Å². The Morgan fingerprint density at radius 1 is 1.67 bits per heavy atom. The van der Waals surface area contributed by atoms with Crippen LogP contribution in [0.1, 0.15) is 6.92 Å². The summed E-state index contributed by atoms with van der Waals surface area (Å²) in [6.07, 6.45) is 4.58. The Hall–Kier alpha value is -1.58. The smallest absolute Gasteiger partial charge is 0.285 e. The second-order valence-electron chi connectivity index (χ2n) is 2.42. The van der Waals surface area contributed by atoms with E-state index in [2.05, 4.69) is 6.58 Å². The summed E-state index contributed by atoms with van der Waals surface area (Å²) in [6.45, 7) is 6.34. The molecule has 1 heterocycles. The summed E-state index contributed by atoms with van der Waals surface area (Å²) in [7, 11) is 0. The van der Waals surface area contributed by atoms with Crippen molar-refractivity contribution in [2.45, 2.75) is 6.92 Å². The molecule has 0 saturated heterocycles. The molecule has 0 bridgehead atoms. The standard InChI is InChI=1S/C8H10N2O2/c1-3-9-6-8(10(11)12)5-4-7(9)2/h4-6H,2-3H2,1H3. The molecule has 0 aromatic rings. The van der Waals surface area contributed by atoms with E-state index in [4.69, 9.17) is 0 Å². The second-order valence-corrected chi connectivity index (χ2v) is 2.42. The van der Waals surface area contributed by atoms with E-state index >= 15 is 0 Å². The van der Waals surface area contributed by atoms with Gasteiger partial charge in [0.25, 0.3) is 5.70 Å². The molecule has 0 fully saturated rings. The fourth-order valence-electron chi connectivity index (χ4n) is 0.965. The second kappa shape index (κ2) is 3.21. The number of rotatable bonds is 2. The Balaban J connectivity index is 2.87. The summed E-state index contributed by atoms with van der Waals surface area (Å²) in [5.41, 5.74) is 0.882. The predicted octanol–water partition coefficient (Wildman–Crippen LogP) is 1.51. The average molecular weight is 166 g/mol. The minimum Gasteiger partial charge on any atom is -0.343 e. The van der Waals surface area contributed by atoms with Gasteiger partial charge in [0.05, 0.1) is 11.1 Å². The average Bonchev–Trinajstić information content (AvgIpc) is 2.05. The maximum Gasteiger partial charge on any atom is 0.285 e. The molecule has 0 amide bonds. The van der Waals surface area contributed by atoms with Gasteiger partial charge in [0.15, 0.2) is 0 Å². The molecule has 0 aromatic heterocycles. The normalized spacial score (nSPS) is 16.2. The van der Waals surface area contributed by atoms with Crippen molar-refractivity contribution in [1.29, 1.82) is 0 Å². The Bertz CT molecular complexity index is 279. The zero-order valence-electron chi connectivity index (χ0n) is 6.86. The summed E-state index contributed by atoms with van der Waals surface area (Å²) in [6, 6.07) is 0. The molecule has 1 aliphatic heterocycles.